The number of carbonyl (C=O) groups excluding carboxylic acids is 1. The monoisotopic (exact) mass is 289 g/mol. The van der Waals surface area contributed by atoms with Gasteiger partial charge in [-0.1, -0.05) is 13.3 Å². The van der Waals surface area contributed by atoms with Gasteiger partial charge in [-0.2, -0.15) is 0 Å². The first-order chi connectivity index (χ1) is 7.19. The molecule has 0 bridgehead atoms. The summed E-state index contributed by atoms with van der Waals surface area (Å²) in [5, 5.41) is 1.90. The number of halogens is 1. The topological polar surface area (TPSA) is 20.3 Å². The van der Waals surface area contributed by atoms with Gasteiger partial charge in [-0.25, -0.2) is 0 Å². The third-order valence-electron chi connectivity index (χ3n) is 2.26. The van der Waals surface area contributed by atoms with E-state index in [0.717, 1.165) is 35.3 Å². The molecular weight excluding hydrogens is 274 g/mol. The van der Waals surface area contributed by atoms with E-state index < -0.39 is 0 Å². The number of thiophene rings is 1. The van der Waals surface area contributed by atoms with Gasteiger partial charge in [0.25, 0.3) is 5.91 Å². The Morgan fingerprint density at radius 3 is 2.73 bits per heavy atom. The first-order valence-corrected chi connectivity index (χ1v) is 6.89. The molecule has 0 radical (unpaired) electrons. The maximum atomic E-state index is 12.0. The fraction of sp³-hybridized carbons (Fsp3) is 0.545. The number of nitrogens with zero attached hydrogens (tertiary/aromatic N) is 1. The molecule has 0 N–H and O–H groups in total. The van der Waals surface area contributed by atoms with E-state index in [-0.39, 0.29) is 5.91 Å². The van der Waals surface area contributed by atoms with E-state index >= 15 is 0 Å². The van der Waals surface area contributed by atoms with Gasteiger partial charge in [0.15, 0.2) is 0 Å². The van der Waals surface area contributed by atoms with Crippen molar-refractivity contribution in [2.45, 2.75) is 26.7 Å². The van der Waals surface area contributed by atoms with Gasteiger partial charge in [-0.15, -0.1) is 11.3 Å². The molecule has 1 rings (SSSR count). The molecule has 0 fully saturated rings. The second kappa shape index (κ2) is 6.28. The zero-order valence-corrected chi connectivity index (χ0v) is 11.5. The van der Waals surface area contributed by atoms with Crippen molar-refractivity contribution in [2.75, 3.05) is 13.1 Å². The summed E-state index contributed by atoms with van der Waals surface area (Å²) in [5.74, 6) is 0.146. The lowest BCUT2D eigenvalue weighted by atomic mass is 10.2. The summed E-state index contributed by atoms with van der Waals surface area (Å²) in [6, 6.07) is 1.89. The molecule has 0 saturated carbocycles. The van der Waals surface area contributed by atoms with Crippen molar-refractivity contribution in [2.24, 2.45) is 0 Å². The van der Waals surface area contributed by atoms with Crippen molar-refractivity contribution in [1.82, 2.24) is 4.90 Å². The Balaban J connectivity index is 2.64. The molecule has 0 unspecified atom stereocenters. The number of unbranched alkanes of at least 4 members (excludes halogenated alkanes) is 1. The molecule has 0 saturated heterocycles. The van der Waals surface area contributed by atoms with Crippen LogP contribution in [0.5, 0.6) is 0 Å². The quantitative estimate of drug-likeness (QED) is 0.808. The van der Waals surface area contributed by atoms with Crippen LogP contribution in [0.2, 0.25) is 0 Å². The highest BCUT2D eigenvalue weighted by Crippen LogP contribution is 2.21. The first kappa shape index (κ1) is 12.7. The second-order valence-corrected chi connectivity index (χ2v) is 5.67. The van der Waals surface area contributed by atoms with E-state index in [9.17, 15) is 4.79 Å². The van der Waals surface area contributed by atoms with Crippen molar-refractivity contribution in [3.05, 3.63) is 20.8 Å². The molecule has 2 nitrogen and oxygen atoms in total. The minimum absolute atomic E-state index is 0.146. The number of carbonyl (C=O) groups is 1. The number of rotatable bonds is 5. The third kappa shape index (κ3) is 3.61. The summed E-state index contributed by atoms with van der Waals surface area (Å²) in [4.78, 5) is 13.9. The summed E-state index contributed by atoms with van der Waals surface area (Å²) < 4.78 is 1.01. The summed E-state index contributed by atoms with van der Waals surface area (Å²) in [5.41, 5.74) is 0.796. The molecule has 0 aliphatic rings. The van der Waals surface area contributed by atoms with Crippen LogP contribution in [0.15, 0.2) is 15.2 Å². The largest absolute Gasteiger partial charge is 0.339 e. The van der Waals surface area contributed by atoms with Crippen LogP contribution in [0.1, 0.15) is 37.0 Å². The van der Waals surface area contributed by atoms with Crippen LogP contribution in [-0.2, 0) is 0 Å². The smallest absolute Gasteiger partial charge is 0.254 e. The minimum atomic E-state index is 0.146. The molecule has 84 valence electrons. The van der Waals surface area contributed by atoms with Gasteiger partial charge >= 0.3 is 0 Å². The maximum Gasteiger partial charge on any atom is 0.254 e. The molecule has 1 aromatic rings. The predicted octanol–water partition coefficient (Wildman–Crippen LogP) is 3.77. The summed E-state index contributed by atoms with van der Waals surface area (Å²) in [6.07, 6.45) is 2.20. The minimum Gasteiger partial charge on any atom is -0.339 e. The second-order valence-electron chi connectivity index (χ2n) is 3.38. The fourth-order valence-corrected chi connectivity index (χ4v) is 2.49. The summed E-state index contributed by atoms with van der Waals surface area (Å²) in [6.45, 7) is 5.81. The predicted molar refractivity (Wildman–Crippen MR) is 68.5 cm³/mol. The molecule has 0 aliphatic heterocycles. The molecule has 0 spiro atoms. The van der Waals surface area contributed by atoms with Crippen LogP contribution < -0.4 is 0 Å². The fourth-order valence-electron chi connectivity index (χ4n) is 1.36. The normalized spacial score (nSPS) is 10.3. The van der Waals surface area contributed by atoms with Crippen LogP contribution in [0.4, 0.5) is 0 Å². The number of amides is 1. The standard InChI is InChI=1S/C11H16BrNOS/c1-3-5-6-13(4-2)11(14)9-7-10(12)15-8-9/h7-8H,3-6H2,1-2H3. The van der Waals surface area contributed by atoms with E-state index in [1.54, 1.807) is 11.3 Å². The lowest BCUT2D eigenvalue weighted by Gasteiger charge is -2.19. The van der Waals surface area contributed by atoms with Gasteiger partial charge in [0.05, 0.1) is 9.35 Å². The highest BCUT2D eigenvalue weighted by atomic mass is 79.9. The van der Waals surface area contributed by atoms with Crippen LogP contribution in [0.25, 0.3) is 0 Å². The summed E-state index contributed by atoms with van der Waals surface area (Å²) >= 11 is 4.93. The molecule has 0 aliphatic carbocycles. The molecule has 0 atom stereocenters. The summed E-state index contributed by atoms with van der Waals surface area (Å²) in [7, 11) is 0. The van der Waals surface area contributed by atoms with Crippen LogP contribution in [0.3, 0.4) is 0 Å². The SMILES string of the molecule is CCCCN(CC)C(=O)c1csc(Br)c1. The van der Waals surface area contributed by atoms with E-state index in [2.05, 4.69) is 22.9 Å². The van der Waals surface area contributed by atoms with Crippen LogP contribution in [0, 0.1) is 0 Å². The van der Waals surface area contributed by atoms with Crippen molar-refractivity contribution in [3.63, 3.8) is 0 Å². The van der Waals surface area contributed by atoms with E-state index in [1.165, 1.54) is 0 Å². The van der Waals surface area contributed by atoms with Crippen molar-refractivity contribution < 1.29 is 4.79 Å². The zero-order chi connectivity index (χ0) is 11.3. The number of hydrogen-bond donors (Lipinski definition) is 0. The Morgan fingerprint density at radius 2 is 2.27 bits per heavy atom. The Hall–Kier alpha value is -0.350. The zero-order valence-electron chi connectivity index (χ0n) is 9.12. The van der Waals surface area contributed by atoms with Gasteiger partial charge < -0.3 is 4.90 Å². The Bertz CT molecular complexity index is 324. The van der Waals surface area contributed by atoms with Crippen LogP contribution in [-0.4, -0.2) is 23.9 Å². The van der Waals surface area contributed by atoms with E-state index in [4.69, 9.17) is 0 Å². The lowest BCUT2D eigenvalue weighted by molar-refractivity contribution is 0.0763. The van der Waals surface area contributed by atoms with E-state index in [1.807, 2.05) is 23.3 Å². The van der Waals surface area contributed by atoms with E-state index in [0.29, 0.717) is 0 Å². The molecule has 1 heterocycles. The van der Waals surface area contributed by atoms with Crippen LogP contribution >= 0.6 is 27.3 Å². The Kier molecular flexibility index (Phi) is 5.32. The van der Waals surface area contributed by atoms with Crippen molar-refractivity contribution >= 4 is 33.2 Å². The molecular formula is C11H16BrNOS. The third-order valence-corrected chi connectivity index (χ3v) is 3.77. The van der Waals surface area contributed by atoms with Crippen molar-refractivity contribution in [1.29, 1.82) is 0 Å². The van der Waals surface area contributed by atoms with Gasteiger partial charge in [-0.05, 0) is 35.3 Å². The first-order valence-electron chi connectivity index (χ1n) is 5.22. The average molecular weight is 290 g/mol. The lowest BCUT2D eigenvalue weighted by Crippen LogP contribution is -2.31. The highest BCUT2D eigenvalue weighted by molar-refractivity contribution is 9.11. The van der Waals surface area contributed by atoms with Gasteiger partial charge in [0.2, 0.25) is 0 Å². The van der Waals surface area contributed by atoms with Gasteiger partial charge in [-0.3, -0.25) is 4.79 Å². The number of hydrogen-bond acceptors (Lipinski definition) is 2. The van der Waals surface area contributed by atoms with Crippen molar-refractivity contribution in [3.8, 4) is 0 Å². The molecule has 4 heteroatoms. The Labute approximate surface area is 103 Å². The molecule has 15 heavy (non-hydrogen) atoms. The van der Waals surface area contributed by atoms with Gasteiger partial charge in [0, 0.05) is 18.5 Å². The molecule has 1 amide bonds. The molecule has 1 aromatic heterocycles. The highest BCUT2D eigenvalue weighted by Gasteiger charge is 2.14. The maximum absolute atomic E-state index is 12.0. The average Bonchev–Trinajstić information content (AvgIpc) is 2.65. The Morgan fingerprint density at radius 1 is 1.53 bits per heavy atom. The van der Waals surface area contributed by atoms with Gasteiger partial charge in [0.1, 0.15) is 0 Å². The molecule has 0 aromatic carbocycles.